The fourth-order valence-corrected chi connectivity index (χ4v) is 4.56. The Morgan fingerprint density at radius 3 is 2.67 bits per heavy atom. The van der Waals surface area contributed by atoms with Crippen molar-refractivity contribution in [3.8, 4) is 0 Å². The van der Waals surface area contributed by atoms with Gasteiger partial charge in [0.05, 0.1) is 5.02 Å². The maximum absolute atomic E-state index is 13.1. The summed E-state index contributed by atoms with van der Waals surface area (Å²) < 4.78 is 39.7. The summed E-state index contributed by atoms with van der Waals surface area (Å²) in [6.45, 7) is 1.78. The van der Waals surface area contributed by atoms with Gasteiger partial charge in [-0.3, -0.25) is 4.79 Å². The van der Waals surface area contributed by atoms with E-state index in [4.69, 9.17) is 16.7 Å². The third kappa shape index (κ3) is 5.54. The third-order valence-electron chi connectivity index (χ3n) is 2.68. The highest BCUT2D eigenvalue weighted by Crippen LogP contribution is 2.30. The molecule has 0 unspecified atom stereocenters. The molecule has 1 rings (SSSR count). The molecule has 9 heteroatoms. The summed E-state index contributed by atoms with van der Waals surface area (Å²) in [4.78, 5) is 10.3. The Morgan fingerprint density at radius 2 is 2.14 bits per heavy atom. The SMILES string of the molecule is C[C@@H](CCNS(=O)(=O)c1c(Cl)cc(F)cc1Br)CC(=O)O. The molecule has 1 aromatic carbocycles. The lowest BCUT2D eigenvalue weighted by molar-refractivity contribution is -0.138. The molecule has 1 atom stereocenters. The van der Waals surface area contributed by atoms with Crippen LogP contribution in [0.4, 0.5) is 4.39 Å². The maximum atomic E-state index is 13.1. The summed E-state index contributed by atoms with van der Waals surface area (Å²) in [5, 5.41) is 8.39. The van der Waals surface area contributed by atoms with E-state index >= 15 is 0 Å². The number of carbonyl (C=O) groups is 1. The zero-order valence-corrected chi connectivity index (χ0v) is 14.2. The Labute approximate surface area is 135 Å². The molecular weight excluding hydrogens is 389 g/mol. The second-order valence-electron chi connectivity index (χ2n) is 4.59. The quantitative estimate of drug-likeness (QED) is 0.734. The number of sulfonamides is 1. The maximum Gasteiger partial charge on any atom is 0.303 e. The average molecular weight is 403 g/mol. The van der Waals surface area contributed by atoms with Crippen molar-refractivity contribution in [1.29, 1.82) is 0 Å². The highest BCUT2D eigenvalue weighted by Gasteiger charge is 2.22. The van der Waals surface area contributed by atoms with Crippen LogP contribution in [-0.2, 0) is 14.8 Å². The van der Waals surface area contributed by atoms with Crippen molar-refractivity contribution in [3.63, 3.8) is 0 Å². The molecule has 0 fully saturated rings. The summed E-state index contributed by atoms with van der Waals surface area (Å²) >= 11 is 8.73. The molecule has 0 saturated heterocycles. The van der Waals surface area contributed by atoms with Gasteiger partial charge in [0, 0.05) is 17.4 Å². The Hall–Kier alpha value is -0.700. The fraction of sp³-hybridized carbons (Fsp3) is 0.417. The van der Waals surface area contributed by atoms with Crippen LogP contribution < -0.4 is 4.72 Å². The molecule has 0 saturated carbocycles. The molecule has 21 heavy (non-hydrogen) atoms. The minimum atomic E-state index is -3.91. The molecular formula is C12H14BrClFNO4S. The van der Waals surface area contributed by atoms with Crippen LogP contribution in [0.2, 0.25) is 5.02 Å². The van der Waals surface area contributed by atoms with Crippen LogP contribution in [0.5, 0.6) is 0 Å². The number of aliphatic carboxylic acids is 1. The molecule has 1 aromatic rings. The molecule has 0 bridgehead atoms. The molecule has 0 aliphatic carbocycles. The lowest BCUT2D eigenvalue weighted by Gasteiger charge is -2.12. The van der Waals surface area contributed by atoms with Crippen LogP contribution in [0.25, 0.3) is 0 Å². The molecule has 0 amide bonds. The van der Waals surface area contributed by atoms with Crippen LogP contribution in [0, 0.1) is 11.7 Å². The van der Waals surface area contributed by atoms with Gasteiger partial charge in [-0.1, -0.05) is 18.5 Å². The van der Waals surface area contributed by atoms with Crippen molar-refractivity contribution in [1.82, 2.24) is 4.72 Å². The molecule has 0 heterocycles. The van der Waals surface area contributed by atoms with Crippen molar-refractivity contribution < 1.29 is 22.7 Å². The Bertz CT molecular complexity index is 615. The first-order valence-corrected chi connectivity index (χ1v) is 8.65. The van der Waals surface area contributed by atoms with Crippen molar-refractivity contribution >= 4 is 43.5 Å². The fourth-order valence-electron chi connectivity index (χ4n) is 1.70. The van der Waals surface area contributed by atoms with Gasteiger partial charge in [0.15, 0.2) is 0 Å². The van der Waals surface area contributed by atoms with E-state index in [-0.39, 0.29) is 33.3 Å². The van der Waals surface area contributed by atoms with Gasteiger partial charge < -0.3 is 5.11 Å². The van der Waals surface area contributed by atoms with Gasteiger partial charge in [0.25, 0.3) is 0 Å². The molecule has 0 aromatic heterocycles. The molecule has 2 N–H and O–H groups in total. The minimum Gasteiger partial charge on any atom is -0.481 e. The standard InChI is InChI=1S/C12H14BrClFNO4S/c1-7(4-11(17)18)2-3-16-21(19,20)12-9(13)5-8(15)6-10(12)14/h5-7,16H,2-4H2,1H3,(H,17,18)/t7-/m0/s1. The van der Waals surface area contributed by atoms with E-state index in [0.717, 1.165) is 12.1 Å². The molecule has 0 aliphatic heterocycles. The zero-order chi connectivity index (χ0) is 16.2. The molecule has 0 radical (unpaired) electrons. The first-order valence-electron chi connectivity index (χ1n) is 5.99. The molecule has 5 nitrogen and oxygen atoms in total. The monoisotopic (exact) mass is 401 g/mol. The van der Waals surface area contributed by atoms with E-state index in [0.29, 0.717) is 6.42 Å². The van der Waals surface area contributed by atoms with Gasteiger partial charge >= 0.3 is 5.97 Å². The predicted molar refractivity (Wildman–Crippen MR) is 80.3 cm³/mol. The van der Waals surface area contributed by atoms with E-state index in [1.165, 1.54) is 0 Å². The van der Waals surface area contributed by atoms with Crippen LogP contribution in [-0.4, -0.2) is 26.0 Å². The normalized spacial score (nSPS) is 13.1. The second-order valence-corrected chi connectivity index (χ2v) is 7.55. The van der Waals surface area contributed by atoms with E-state index in [1.807, 2.05) is 0 Å². The van der Waals surface area contributed by atoms with Gasteiger partial charge in [-0.05, 0) is 40.4 Å². The number of nitrogens with one attached hydrogen (secondary N) is 1. The summed E-state index contributed by atoms with van der Waals surface area (Å²) in [6, 6.07) is 1.92. The highest BCUT2D eigenvalue weighted by molar-refractivity contribution is 9.10. The number of rotatable bonds is 7. The average Bonchev–Trinajstić information content (AvgIpc) is 2.24. The summed E-state index contributed by atoms with van der Waals surface area (Å²) in [6.07, 6.45) is 0.324. The Kier molecular flexibility index (Phi) is 6.58. The minimum absolute atomic E-state index is 0.0265. The van der Waals surface area contributed by atoms with Gasteiger partial charge in [-0.15, -0.1) is 0 Å². The lowest BCUT2D eigenvalue weighted by atomic mass is 10.0. The number of hydrogen-bond donors (Lipinski definition) is 2. The van der Waals surface area contributed by atoms with Crippen LogP contribution in [0.3, 0.4) is 0 Å². The number of halogens is 3. The first-order chi connectivity index (χ1) is 9.63. The number of benzene rings is 1. The Balaban J connectivity index is 2.77. The molecule has 0 aliphatic rings. The van der Waals surface area contributed by atoms with Gasteiger partial charge in [0.2, 0.25) is 10.0 Å². The summed E-state index contributed by atoms with van der Waals surface area (Å²) in [7, 11) is -3.91. The van der Waals surface area contributed by atoms with Crippen LogP contribution >= 0.6 is 27.5 Å². The van der Waals surface area contributed by atoms with E-state index in [2.05, 4.69) is 20.7 Å². The van der Waals surface area contributed by atoms with Crippen LogP contribution in [0.15, 0.2) is 21.5 Å². The van der Waals surface area contributed by atoms with Crippen molar-refractivity contribution in [3.05, 3.63) is 27.4 Å². The van der Waals surface area contributed by atoms with E-state index in [1.54, 1.807) is 6.92 Å². The number of carboxylic acids is 1. The molecule has 0 spiro atoms. The lowest BCUT2D eigenvalue weighted by Crippen LogP contribution is -2.27. The van der Waals surface area contributed by atoms with Crippen molar-refractivity contribution in [2.24, 2.45) is 5.92 Å². The smallest absolute Gasteiger partial charge is 0.303 e. The zero-order valence-electron chi connectivity index (χ0n) is 11.1. The third-order valence-corrected chi connectivity index (χ3v) is 5.54. The topological polar surface area (TPSA) is 83.5 Å². The van der Waals surface area contributed by atoms with E-state index < -0.39 is 21.8 Å². The van der Waals surface area contributed by atoms with Crippen molar-refractivity contribution in [2.75, 3.05) is 6.54 Å². The number of hydrogen-bond acceptors (Lipinski definition) is 3. The summed E-state index contributed by atoms with van der Waals surface area (Å²) in [5.74, 6) is -1.76. The van der Waals surface area contributed by atoms with Gasteiger partial charge in [-0.2, -0.15) is 0 Å². The van der Waals surface area contributed by atoms with Gasteiger partial charge in [0.1, 0.15) is 10.7 Å². The predicted octanol–water partition coefficient (Wildman–Crippen LogP) is 3.02. The highest BCUT2D eigenvalue weighted by atomic mass is 79.9. The van der Waals surface area contributed by atoms with Gasteiger partial charge in [-0.25, -0.2) is 17.5 Å². The molecule has 118 valence electrons. The summed E-state index contributed by atoms with van der Waals surface area (Å²) in [5.41, 5.74) is 0. The first kappa shape index (κ1) is 18.3. The van der Waals surface area contributed by atoms with Crippen LogP contribution in [0.1, 0.15) is 19.8 Å². The van der Waals surface area contributed by atoms with Crippen molar-refractivity contribution in [2.45, 2.75) is 24.7 Å². The Morgan fingerprint density at radius 1 is 1.52 bits per heavy atom. The second kappa shape index (κ2) is 7.53. The largest absolute Gasteiger partial charge is 0.481 e. The van der Waals surface area contributed by atoms with E-state index in [9.17, 15) is 17.6 Å². The number of carboxylic acid groups (broad SMARTS) is 1.